The van der Waals surface area contributed by atoms with Gasteiger partial charge in [-0.3, -0.25) is 9.69 Å². The monoisotopic (exact) mass is 446 g/mol. The third-order valence-corrected chi connectivity index (χ3v) is 7.39. The largest absolute Gasteiger partial charge is 0.460 e. The highest BCUT2D eigenvalue weighted by molar-refractivity contribution is 5.84. The van der Waals surface area contributed by atoms with Crippen molar-refractivity contribution in [3.63, 3.8) is 0 Å². The SMILES string of the molecule is CC(C)CN1C(=O)C2(CCN(Cc3cc4ccccc4o3)CC2)C[C@@H](O)[C@@H]1c1ccccc1. The van der Waals surface area contributed by atoms with E-state index in [4.69, 9.17) is 4.42 Å². The zero-order chi connectivity index (χ0) is 23.0. The fraction of sp³-hybridized carbons (Fsp3) is 0.464. The van der Waals surface area contributed by atoms with Crippen molar-refractivity contribution in [1.82, 2.24) is 9.80 Å². The number of carbonyl (C=O) groups is 1. The van der Waals surface area contributed by atoms with Crippen LogP contribution in [-0.4, -0.2) is 46.6 Å². The molecule has 5 heteroatoms. The Balaban J connectivity index is 1.32. The number of carbonyl (C=O) groups excluding carboxylic acids is 1. The number of benzene rings is 2. The number of piperidine rings is 2. The first-order chi connectivity index (χ1) is 15.9. The second-order valence-electron chi connectivity index (χ2n) is 10.3. The summed E-state index contributed by atoms with van der Waals surface area (Å²) < 4.78 is 6.01. The third-order valence-electron chi connectivity index (χ3n) is 7.39. The quantitative estimate of drug-likeness (QED) is 0.599. The molecule has 174 valence electrons. The lowest BCUT2D eigenvalue weighted by Gasteiger charge is -2.51. The molecule has 5 nitrogen and oxygen atoms in total. The van der Waals surface area contributed by atoms with E-state index in [1.807, 2.05) is 53.4 Å². The summed E-state index contributed by atoms with van der Waals surface area (Å²) in [5, 5.41) is 12.4. The molecule has 3 heterocycles. The number of rotatable bonds is 5. The van der Waals surface area contributed by atoms with Gasteiger partial charge in [-0.25, -0.2) is 0 Å². The maximum atomic E-state index is 13.9. The van der Waals surface area contributed by atoms with Crippen LogP contribution < -0.4 is 0 Å². The molecule has 3 aromatic rings. The van der Waals surface area contributed by atoms with Crippen LogP contribution in [0.15, 0.2) is 65.1 Å². The van der Waals surface area contributed by atoms with E-state index in [-0.39, 0.29) is 11.9 Å². The smallest absolute Gasteiger partial charge is 0.229 e. The van der Waals surface area contributed by atoms with Gasteiger partial charge >= 0.3 is 0 Å². The number of aliphatic hydroxyl groups is 1. The van der Waals surface area contributed by atoms with Crippen molar-refractivity contribution >= 4 is 16.9 Å². The van der Waals surface area contributed by atoms with Crippen LogP contribution in [0, 0.1) is 11.3 Å². The molecule has 2 aliphatic rings. The average Bonchev–Trinajstić information content (AvgIpc) is 3.22. The van der Waals surface area contributed by atoms with Crippen LogP contribution in [0.1, 0.15) is 50.5 Å². The number of likely N-dealkylation sites (tertiary alicyclic amines) is 2. The molecule has 2 atom stereocenters. The van der Waals surface area contributed by atoms with Gasteiger partial charge in [0.15, 0.2) is 0 Å². The van der Waals surface area contributed by atoms with E-state index in [9.17, 15) is 9.90 Å². The van der Waals surface area contributed by atoms with Crippen molar-refractivity contribution < 1.29 is 14.3 Å². The van der Waals surface area contributed by atoms with E-state index < -0.39 is 11.5 Å². The Bertz CT molecular complexity index is 1070. The van der Waals surface area contributed by atoms with Crippen LogP contribution in [0.5, 0.6) is 0 Å². The molecule has 2 fully saturated rings. The number of amides is 1. The minimum Gasteiger partial charge on any atom is -0.460 e. The molecular weight excluding hydrogens is 412 g/mol. The molecule has 0 aliphatic carbocycles. The number of fused-ring (bicyclic) bond motifs is 1. The van der Waals surface area contributed by atoms with Gasteiger partial charge in [0.2, 0.25) is 5.91 Å². The maximum Gasteiger partial charge on any atom is 0.229 e. The third kappa shape index (κ3) is 4.32. The summed E-state index contributed by atoms with van der Waals surface area (Å²) in [7, 11) is 0. The molecule has 33 heavy (non-hydrogen) atoms. The first kappa shape index (κ1) is 22.2. The Hall–Kier alpha value is -2.63. The predicted octanol–water partition coefficient (Wildman–Crippen LogP) is 5.01. The Morgan fingerprint density at radius 3 is 2.45 bits per heavy atom. The highest BCUT2D eigenvalue weighted by Crippen LogP contribution is 2.47. The number of hydrogen-bond donors (Lipinski definition) is 1. The minimum atomic E-state index is -0.550. The van der Waals surface area contributed by atoms with Gasteiger partial charge in [-0.1, -0.05) is 62.4 Å². The molecule has 5 rings (SSSR count). The Morgan fingerprint density at radius 2 is 1.76 bits per heavy atom. The first-order valence-corrected chi connectivity index (χ1v) is 12.2. The number of para-hydroxylation sites is 1. The van der Waals surface area contributed by atoms with Crippen molar-refractivity contribution in [2.45, 2.75) is 51.8 Å². The van der Waals surface area contributed by atoms with Crippen molar-refractivity contribution in [1.29, 1.82) is 0 Å². The Morgan fingerprint density at radius 1 is 1.06 bits per heavy atom. The molecule has 0 bridgehead atoms. The summed E-state index contributed by atoms with van der Waals surface area (Å²) >= 11 is 0. The van der Waals surface area contributed by atoms with Crippen LogP contribution >= 0.6 is 0 Å². The molecule has 1 aromatic heterocycles. The average molecular weight is 447 g/mol. The van der Waals surface area contributed by atoms with Gasteiger partial charge in [0.05, 0.1) is 24.1 Å². The highest BCUT2D eigenvalue weighted by atomic mass is 16.3. The van der Waals surface area contributed by atoms with Gasteiger partial charge < -0.3 is 14.4 Å². The maximum absolute atomic E-state index is 13.9. The summed E-state index contributed by atoms with van der Waals surface area (Å²) in [6.07, 6.45) is 1.54. The molecule has 2 saturated heterocycles. The second kappa shape index (κ2) is 8.96. The van der Waals surface area contributed by atoms with Crippen LogP contribution in [0.2, 0.25) is 0 Å². The summed E-state index contributed by atoms with van der Waals surface area (Å²) in [6, 6.07) is 20.0. The number of hydrogen-bond acceptors (Lipinski definition) is 4. The molecule has 1 amide bonds. The Kier molecular flexibility index (Phi) is 6.02. The molecule has 2 aliphatic heterocycles. The molecule has 0 radical (unpaired) electrons. The van der Waals surface area contributed by atoms with E-state index in [0.717, 1.165) is 54.8 Å². The van der Waals surface area contributed by atoms with Crippen molar-refractivity contribution in [3.8, 4) is 0 Å². The minimum absolute atomic E-state index is 0.221. The standard InChI is InChI=1S/C28H34N2O3/c1-20(2)18-30-26(21-8-4-3-5-9-21)24(31)17-28(27(30)32)12-14-29(15-13-28)19-23-16-22-10-6-7-11-25(22)33-23/h3-11,16,20,24,26,31H,12-15,17-19H2,1-2H3/t24-,26+/m1/s1. The van der Waals surface area contributed by atoms with Crippen molar-refractivity contribution in [2.75, 3.05) is 19.6 Å². The fourth-order valence-electron chi connectivity index (χ4n) is 5.77. The van der Waals surface area contributed by atoms with Crippen molar-refractivity contribution in [3.05, 3.63) is 72.0 Å². The van der Waals surface area contributed by atoms with Crippen LogP contribution in [0.4, 0.5) is 0 Å². The van der Waals surface area contributed by atoms with E-state index in [1.54, 1.807) is 0 Å². The van der Waals surface area contributed by atoms with Crippen LogP contribution in [0.25, 0.3) is 11.0 Å². The molecule has 0 unspecified atom stereocenters. The van der Waals surface area contributed by atoms with Gasteiger partial charge in [-0.2, -0.15) is 0 Å². The van der Waals surface area contributed by atoms with Gasteiger partial charge in [0, 0.05) is 11.9 Å². The normalized spacial score (nSPS) is 23.6. The Labute approximate surface area is 196 Å². The zero-order valence-corrected chi connectivity index (χ0v) is 19.6. The van der Waals surface area contributed by atoms with Gasteiger partial charge in [-0.15, -0.1) is 0 Å². The summed E-state index contributed by atoms with van der Waals surface area (Å²) in [4.78, 5) is 18.3. The van der Waals surface area contributed by atoms with E-state index in [1.165, 1.54) is 0 Å². The van der Waals surface area contributed by atoms with E-state index >= 15 is 0 Å². The molecule has 0 saturated carbocycles. The highest BCUT2D eigenvalue weighted by Gasteiger charge is 2.52. The van der Waals surface area contributed by atoms with Gasteiger partial charge in [0.25, 0.3) is 0 Å². The summed E-state index contributed by atoms with van der Waals surface area (Å²) in [5.41, 5.74) is 1.48. The molecule has 2 aromatic carbocycles. The van der Waals surface area contributed by atoms with Crippen LogP contribution in [0.3, 0.4) is 0 Å². The number of furan rings is 1. The zero-order valence-electron chi connectivity index (χ0n) is 19.6. The fourth-order valence-corrected chi connectivity index (χ4v) is 5.77. The number of nitrogens with zero attached hydrogens (tertiary/aromatic N) is 2. The molecular formula is C28H34N2O3. The topological polar surface area (TPSA) is 56.9 Å². The van der Waals surface area contributed by atoms with E-state index in [0.29, 0.717) is 18.9 Å². The van der Waals surface area contributed by atoms with Crippen LogP contribution in [-0.2, 0) is 11.3 Å². The second-order valence-corrected chi connectivity index (χ2v) is 10.3. The predicted molar refractivity (Wildman–Crippen MR) is 130 cm³/mol. The summed E-state index contributed by atoms with van der Waals surface area (Å²) in [6.45, 7) is 7.36. The lowest BCUT2D eigenvalue weighted by molar-refractivity contribution is -0.165. The van der Waals surface area contributed by atoms with Crippen molar-refractivity contribution in [2.24, 2.45) is 11.3 Å². The number of aliphatic hydroxyl groups excluding tert-OH is 1. The molecule has 1 N–H and O–H groups in total. The lowest BCUT2D eigenvalue weighted by atomic mass is 9.68. The van der Waals surface area contributed by atoms with E-state index in [2.05, 4.69) is 30.9 Å². The van der Waals surface area contributed by atoms with Gasteiger partial charge in [-0.05, 0) is 56.0 Å². The van der Waals surface area contributed by atoms with Gasteiger partial charge in [0.1, 0.15) is 11.3 Å². The first-order valence-electron chi connectivity index (χ1n) is 12.2. The lowest BCUT2D eigenvalue weighted by Crippen LogP contribution is -2.59. The summed E-state index contributed by atoms with van der Waals surface area (Å²) in [5.74, 6) is 1.53. The molecule has 1 spiro atoms.